The molecule has 1 aromatic heterocycles. The van der Waals surface area contributed by atoms with E-state index in [1.54, 1.807) is 24.3 Å². The van der Waals surface area contributed by atoms with Gasteiger partial charge in [0.05, 0.1) is 5.39 Å². The van der Waals surface area contributed by atoms with E-state index in [1.807, 2.05) is 18.2 Å². The highest BCUT2D eigenvalue weighted by molar-refractivity contribution is 5.81. The molecule has 0 unspecified atom stereocenters. The van der Waals surface area contributed by atoms with Crippen molar-refractivity contribution in [3.8, 4) is 0 Å². The summed E-state index contributed by atoms with van der Waals surface area (Å²) in [6.45, 7) is 0. The number of rotatable bonds is 2. The first-order chi connectivity index (χ1) is 9.22. The fourth-order valence-corrected chi connectivity index (χ4v) is 2.12. The number of hydrogen-bond acceptors (Lipinski definition) is 2. The van der Waals surface area contributed by atoms with Gasteiger partial charge in [0.25, 0.3) is 0 Å². The van der Waals surface area contributed by atoms with Crippen molar-refractivity contribution in [2.24, 2.45) is 0 Å². The van der Waals surface area contributed by atoms with E-state index in [4.69, 9.17) is 4.42 Å². The molecule has 0 amide bonds. The molecule has 2 aromatic carbocycles. The van der Waals surface area contributed by atoms with Crippen LogP contribution in [0, 0.1) is 5.82 Å². The molecule has 0 aliphatic carbocycles. The molecule has 0 bridgehead atoms. The Morgan fingerprint density at radius 2 is 1.84 bits per heavy atom. The van der Waals surface area contributed by atoms with E-state index in [-0.39, 0.29) is 11.4 Å². The predicted octanol–water partition coefficient (Wildman–Crippen LogP) is 3.52. The predicted molar refractivity (Wildman–Crippen MR) is 71.7 cm³/mol. The summed E-state index contributed by atoms with van der Waals surface area (Å²) < 4.78 is 18.4. The zero-order chi connectivity index (χ0) is 13.2. The molecule has 0 N–H and O–H groups in total. The van der Waals surface area contributed by atoms with Gasteiger partial charge >= 0.3 is 5.63 Å². The van der Waals surface area contributed by atoms with Crippen molar-refractivity contribution in [3.63, 3.8) is 0 Å². The third-order valence-electron chi connectivity index (χ3n) is 2.99. The Labute approximate surface area is 109 Å². The molecular formula is C16H11FO2. The molecule has 0 atom stereocenters. The van der Waals surface area contributed by atoms with Crippen LogP contribution in [-0.4, -0.2) is 0 Å². The topological polar surface area (TPSA) is 30.2 Å². The number of hydrogen-bond donors (Lipinski definition) is 0. The van der Waals surface area contributed by atoms with Gasteiger partial charge in [-0.15, -0.1) is 0 Å². The van der Waals surface area contributed by atoms with Gasteiger partial charge in [-0.3, -0.25) is 0 Å². The minimum Gasteiger partial charge on any atom is -0.427 e. The number of fused-ring (bicyclic) bond motifs is 1. The minimum atomic E-state index is -0.357. The third kappa shape index (κ3) is 2.40. The average molecular weight is 254 g/mol. The Bertz CT molecular complexity index is 790. The second kappa shape index (κ2) is 4.69. The summed E-state index contributed by atoms with van der Waals surface area (Å²) in [4.78, 5) is 11.8. The summed E-state index contributed by atoms with van der Waals surface area (Å²) in [5.74, 6) is 0.245. The molecule has 0 saturated carbocycles. The van der Waals surface area contributed by atoms with Crippen molar-refractivity contribution in [1.82, 2.24) is 0 Å². The maximum Gasteiger partial charge on any atom is 0.343 e. The average Bonchev–Trinajstić information content (AvgIpc) is 2.39. The zero-order valence-electron chi connectivity index (χ0n) is 10.1. The van der Waals surface area contributed by atoms with E-state index in [0.29, 0.717) is 17.6 Å². The van der Waals surface area contributed by atoms with Gasteiger partial charge in [-0.1, -0.05) is 30.3 Å². The van der Waals surface area contributed by atoms with E-state index in [1.165, 1.54) is 12.1 Å². The molecular weight excluding hydrogens is 243 g/mol. The fourth-order valence-electron chi connectivity index (χ4n) is 2.12. The van der Waals surface area contributed by atoms with Crippen LogP contribution in [-0.2, 0) is 6.42 Å². The zero-order valence-corrected chi connectivity index (χ0v) is 10.1. The van der Waals surface area contributed by atoms with Crippen LogP contribution >= 0.6 is 0 Å². The smallest absolute Gasteiger partial charge is 0.343 e. The standard InChI is InChI=1S/C16H11FO2/c17-13-6-3-4-11(8-13)9-14-10-12-5-1-2-7-15(12)16(18)19-14/h1-8,10H,9H2. The quantitative estimate of drug-likeness (QED) is 0.700. The molecule has 0 aliphatic rings. The second-order valence-electron chi connectivity index (χ2n) is 4.39. The highest BCUT2D eigenvalue weighted by Crippen LogP contribution is 2.15. The van der Waals surface area contributed by atoms with Crippen LogP contribution in [0.2, 0.25) is 0 Å². The SMILES string of the molecule is O=c1oc(Cc2cccc(F)c2)cc2ccccc12. The first-order valence-electron chi connectivity index (χ1n) is 5.98. The molecule has 0 aliphatic heterocycles. The summed E-state index contributed by atoms with van der Waals surface area (Å²) in [5, 5.41) is 1.40. The summed E-state index contributed by atoms with van der Waals surface area (Å²) in [7, 11) is 0. The van der Waals surface area contributed by atoms with Gasteiger partial charge in [0.2, 0.25) is 0 Å². The molecule has 3 aromatic rings. The third-order valence-corrected chi connectivity index (χ3v) is 2.99. The first kappa shape index (κ1) is 11.7. The Kier molecular flexibility index (Phi) is 2.88. The van der Waals surface area contributed by atoms with Crippen molar-refractivity contribution >= 4 is 10.8 Å². The van der Waals surface area contributed by atoms with Crippen molar-refractivity contribution in [1.29, 1.82) is 0 Å². The Hall–Kier alpha value is -2.42. The Balaban J connectivity index is 2.04. The van der Waals surface area contributed by atoms with Gasteiger partial charge in [-0.05, 0) is 35.2 Å². The molecule has 3 rings (SSSR count). The minimum absolute atomic E-state index is 0.291. The monoisotopic (exact) mass is 254 g/mol. The van der Waals surface area contributed by atoms with Crippen LogP contribution in [0.25, 0.3) is 10.8 Å². The van der Waals surface area contributed by atoms with E-state index < -0.39 is 0 Å². The first-order valence-corrected chi connectivity index (χ1v) is 5.98. The van der Waals surface area contributed by atoms with Gasteiger partial charge in [0, 0.05) is 6.42 Å². The molecule has 0 saturated heterocycles. The van der Waals surface area contributed by atoms with Crippen LogP contribution in [0.5, 0.6) is 0 Å². The molecule has 2 nitrogen and oxygen atoms in total. The van der Waals surface area contributed by atoms with Gasteiger partial charge < -0.3 is 4.42 Å². The Morgan fingerprint density at radius 1 is 1.00 bits per heavy atom. The highest BCUT2D eigenvalue weighted by atomic mass is 19.1. The fraction of sp³-hybridized carbons (Fsp3) is 0.0625. The molecule has 94 valence electrons. The van der Waals surface area contributed by atoms with Crippen molar-refractivity contribution in [3.05, 3.63) is 82.2 Å². The summed E-state index contributed by atoms with van der Waals surface area (Å²) in [5.41, 5.74) is 0.419. The lowest BCUT2D eigenvalue weighted by Crippen LogP contribution is -2.02. The summed E-state index contributed by atoms with van der Waals surface area (Å²) in [6, 6.07) is 15.4. The molecule has 0 spiro atoms. The normalized spacial score (nSPS) is 10.8. The van der Waals surface area contributed by atoms with E-state index in [2.05, 4.69) is 0 Å². The lowest BCUT2D eigenvalue weighted by molar-refractivity contribution is 0.476. The van der Waals surface area contributed by atoms with Crippen LogP contribution in [0.3, 0.4) is 0 Å². The van der Waals surface area contributed by atoms with Gasteiger partial charge in [-0.2, -0.15) is 0 Å². The summed E-state index contributed by atoms with van der Waals surface area (Å²) in [6.07, 6.45) is 0.401. The van der Waals surface area contributed by atoms with Gasteiger partial charge in [-0.25, -0.2) is 9.18 Å². The maximum atomic E-state index is 13.1. The number of benzene rings is 2. The molecule has 0 fully saturated rings. The molecule has 19 heavy (non-hydrogen) atoms. The number of halogens is 1. The lowest BCUT2D eigenvalue weighted by Gasteiger charge is -2.03. The van der Waals surface area contributed by atoms with Gasteiger partial charge in [0.1, 0.15) is 11.6 Å². The molecule has 0 radical (unpaired) electrons. The lowest BCUT2D eigenvalue weighted by atomic mass is 10.1. The van der Waals surface area contributed by atoms with Crippen molar-refractivity contribution in [2.45, 2.75) is 6.42 Å². The summed E-state index contributed by atoms with van der Waals surface area (Å²) >= 11 is 0. The molecule has 3 heteroatoms. The van der Waals surface area contributed by atoms with Crippen LogP contribution in [0.15, 0.2) is 63.8 Å². The van der Waals surface area contributed by atoms with Crippen molar-refractivity contribution in [2.75, 3.05) is 0 Å². The maximum absolute atomic E-state index is 13.1. The van der Waals surface area contributed by atoms with E-state index >= 15 is 0 Å². The van der Waals surface area contributed by atoms with Crippen LogP contribution in [0.1, 0.15) is 11.3 Å². The van der Waals surface area contributed by atoms with Crippen LogP contribution in [0.4, 0.5) is 4.39 Å². The Morgan fingerprint density at radius 3 is 2.68 bits per heavy atom. The van der Waals surface area contributed by atoms with Crippen LogP contribution < -0.4 is 5.63 Å². The largest absolute Gasteiger partial charge is 0.427 e. The molecule has 1 heterocycles. The van der Waals surface area contributed by atoms with Gasteiger partial charge in [0.15, 0.2) is 0 Å². The van der Waals surface area contributed by atoms with Crippen molar-refractivity contribution < 1.29 is 8.81 Å². The highest BCUT2D eigenvalue weighted by Gasteiger charge is 2.05. The van der Waals surface area contributed by atoms with E-state index in [0.717, 1.165) is 10.9 Å². The second-order valence-corrected chi connectivity index (χ2v) is 4.39. The van der Waals surface area contributed by atoms with E-state index in [9.17, 15) is 9.18 Å².